The molecule has 0 aliphatic carbocycles. The van der Waals surface area contributed by atoms with E-state index in [4.69, 9.17) is 5.84 Å². The summed E-state index contributed by atoms with van der Waals surface area (Å²) in [6.45, 7) is 0.866. The smallest absolute Gasteiger partial charge is 0.219 e. The number of aromatic nitrogens is 2. The van der Waals surface area contributed by atoms with E-state index in [1.54, 1.807) is 0 Å². The highest BCUT2D eigenvalue weighted by Crippen LogP contribution is 2.23. The summed E-state index contributed by atoms with van der Waals surface area (Å²) in [4.78, 5) is 2.35. The Kier molecular flexibility index (Phi) is 3.79. The van der Waals surface area contributed by atoms with Gasteiger partial charge in [-0.15, -0.1) is 10.2 Å². The van der Waals surface area contributed by atoms with E-state index >= 15 is 0 Å². The van der Waals surface area contributed by atoms with Gasteiger partial charge in [0.2, 0.25) is 5.13 Å². The first-order valence-corrected chi connectivity index (χ1v) is 6.83. The number of hydrogen-bond donors (Lipinski definition) is 2. The topological polar surface area (TPSA) is 67.1 Å². The summed E-state index contributed by atoms with van der Waals surface area (Å²) in [5.41, 5.74) is 2.51. The number of nitrogen functional groups attached to an aromatic ring is 1. The quantitative estimate of drug-likeness (QED) is 0.603. The van der Waals surface area contributed by atoms with Crippen LogP contribution in [0.4, 0.5) is 5.13 Å². The number of hydrogen-bond acceptors (Lipinski definition) is 7. The largest absolute Gasteiger partial charge is 0.298 e. The van der Waals surface area contributed by atoms with Gasteiger partial charge >= 0.3 is 0 Å². The first kappa shape index (κ1) is 11.1. The van der Waals surface area contributed by atoms with Crippen LogP contribution in [0.5, 0.6) is 0 Å². The van der Waals surface area contributed by atoms with Crippen molar-refractivity contribution in [1.82, 2.24) is 15.1 Å². The molecule has 3 N–H and O–H groups in total. The van der Waals surface area contributed by atoms with Gasteiger partial charge in [0.05, 0.1) is 6.54 Å². The van der Waals surface area contributed by atoms with Gasteiger partial charge < -0.3 is 0 Å². The molecule has 7 heteroatoms. The highest BCUT2D eigenvalue weighted by atomic mass is 32.2. The summed E-state index contributed by atoms with van der Waals surface area (Å²) < 4.78 is 0. The maximum Gasteiger partial charge on any atom is 0.219 e. The van der Waals surface area contributed by atoms with Crippen molar-refractivity contribution in [2.24, 2.45) is 5.84 Å². The van der Waals surface area contributed by atoms with Crippen LogP contribution in [0.2, 0.25) is 0 Å². The van der Waals surface area contributed by atoms with Crippen LogP contribution < -0.4 is 11.3 Å². The van der Waals surface area contributed by atoms with Crippen molar-refractivity contribution in [3.8, 4) is 0 Å². The van der Waals surface area contributed by atoms with Gasteiger partial charge in [0, 0.05) is 11.8 Å². The fourth-order valence-corrected chi connectivity index (χ4v) is 3.60. The molecule has 2 rings (SSSR count). The number of thioether (sulfide) groups is 1. The number of nitrogens with zero attached hydrogens (tertiary/aromatic N) is 3. The molecule has 15 heavy (non-hydrogen) atoms. The van der Waals surface area contributed by atoms with E-state index in [9.17, 15) is 0 Å². The van der Waals surface area contributed by atoms with Crippen molar-refractivity contribution in [1.29, 1.82) is 0 Å². The molecule has 1 aromatic heterocycles. The Hall–Kier alpha value is -0.370. The zero-order chi connectivity index (χ0) is 10.7. The third-order valence-corrected chi connectivity index (χ3v) is 4.49. The van der Waals surface area contributed by atoms with E-state index in [1.165, 1.54) is 29.3 Å². The molecule has 0 spiro atoms. The predicted molar refractivity (Wildman–Crippen MR) is 64.9 cm³/mol. The Morgan fingerprint density at radius 3 is 3.07 bits per heavy atom. The number of hydrazine groups is 1. The van der Waals surface area contributed by atoms with Gasteiger partial charge in [0.15, 0.2) is 0 Å². The van der Waals surface area contributed by atoms with Crippen LogP contribution in [0.15, 0.2) is 0 Å². The van der Waals surface area contributed by atoms with Gasteiger partial charge in [-0.3, -0.25) is 10.3 Å². The molecule has 0 radical (unpaired) electrons. The molecule has 2 heterocycles. The molecule has 1 aliphatic rings. The minimum Gasteiger partial charge on any atom is -0.298 e. The zero-order valence-corrected chi connectivity index (χ0v) is 10.3. The van der Waals surface area contributed by atoms with Gasteiger partial charge in [0.1, 0.15) is 5.01 Å². The fraction of sp³-hybridized carbons (Fsp3) is 0.750. The van der Waals surface area contributed by atoms with Crippen LogP contribution in [0.1, 0.15) is 11.4 Å². The molecular weight excluding hydrogens is 230 g/mol. The van der Waals surface area contributed by atoms with Crippen LogP contribution in [-0.4, -0.2) is 39.7 Å². The first-order valence-electron chi connectivity index (χ1n) is 4.86. The van der Waals surface area contributed by atoms with Crippen molar-refractivity contribution in [3.63, 3.8) is 0 Å². The Morgan fingerprint density at radius 1 is 1.60 bits per heavy atom. The molecule has 1 aromatic rings. The molecule has 5 nitrogen and oxygen atoms in total. The number of nitrogens with one attached hydrogen (secondary N) is 1. The third kappa shape index (κ3) is 2.81. The van der Waals surface area contributed by atoms with Crippen molar-refractivity contribution >= 4 is 28.2 Å². The normalized spacial score (nSPS) is 21.1. The Morgan fingerprint density at radius 2 is 2.47 bits per heavy atom. The van der Waals surface area contributed by atoms with E-state index in [0.717, 1.165) is 11.6 Å². The summed E-state index contributed by atoms with van der Waals surface area (Å²) in [5, 5.41) is 9.69. The standard InChI is InChI=1S/C8H15N5S2/c1-13(6-2-3-14-5-6)4-7-11-12-8(10-9)15-7/h6H,2-5,9H2,1H3,(H,10,12). The summed E-state index contributed by atoms with van der Waals surface area (Å²) in [5.74, 6) is 7.77. The van der Waals surface area contributed by atoms with E-state index < -0.39 is 0 Å². The summed E-state index contributed by atoms with van der Waals surface area (Å²) in [6.07, 6.45) is 1.28. The lowest BCUT2D eigenvalue weighted by atomic mass is 10.2. The molecule has 1 aliphatic heterocycles. The lowest BCUT2D eigenvalue weighted by molar-refractivity contribution is 0.253. The summed E-state index contributed by atoms with van der Waals surface area (Å²) >= 11 is 3.54. The van der Waals surface area contributed by atoms with Gasteiger partial charge in [0.25, 0.3) is 0 Å². The molecule has 1 saturated heterocycles. The Balaban J connectivity index is 1.89. The average molecular weight is 245 g/mol. The Labute approximate surface area is 97.4 Å². The summed E-state index contributed by atoms with van der Waals surface area (Å²) in [7, 11) is 2.15. The minimum absolute atomic E-state index is 0.680. The van der Waals surface area contributed by atoms with Crippen LogP contribution in [0.25, 0.3) is 0 Å². The van der Waals surface area contributed by atoms with E-state index in [0.29, 0.717) is 11.2 Å². The SMILES string of the molecule is CN(Cc1nnc(NN)s1)C1CCSC1. The van der Waals surface area contributed by atoms with Gasteiger partial charge in [-0.1, -0.05) is 11.3 Å². The molecule has 0 saturated carbocycles. The molecule has 0 aromatic carbocycles. The monoisotopic (exact) mass is 245 g/mol. The maximum atomic E-state index is 5.26. The van der Waals surface area contributed by atoms with Crippen LogP contribution in [-0.2, 0) is 6.54 Å². The van der Waals surface area contributed by atoms with Crippen molar-refractivity contribution in [2.45, 2.75) is 19.0 Å². The number of rotatable bonds is 4. The molecular formula is C8H15N5S2. The van der Waals surface area contributed by atoms with Crippen LogP contribution >= 0.6 is 23.1 Å². The second kappa shape index (κ2) is 5.11. The average Bonchev–Trinajstić information content (AvgIpc) is 2.87. The molecule has 0 amide bonds. The van der Waals surface area contributed by atoms with Crippen molar-refractivity contribution in [2.75, 3.05) is 24.0 Å². The molecule has 1 atom stereocenters. The second-order valence-electron chi connectivity index (χ2n) is 3.58. The van der Waals surface area contributed by atoms with E-state index in [2.05, 4.69) is 27.6 Å². The van der Waals surface area contributed by atoms with Crippen molar-refractivity contribution < 1.29 is 0 Å². The van der Waals surface area contributed by atoms with Crippen LogP contribution in [0.3, 0.4) is 0 Å². The summed E-state index contributed by atoms with van der Waals surface area (Å²) in [6, 6.07) is 0.688. The lowest BCUT2D eigenvalue weighted by Crippen LogP contribution is -2.30. The van der Waals surface area contributed by atoms with E-state index in [-0.39, 0.29) is 0 Å². The second-order valence-corrected chi connectivity index (χ2v) is 5.79. The third-order valence-electron chi connectivity index (χ3n) is 2.50. The van der Waals surface area contributed by atoms with Crippen LogP contribution in [0, 0.1) is 0 Å². The van der Waals surface area contributed by atoms with Gasteiger partial charge in [-0.25, -0.2) is 5.84 Å². The highest BCUT2D eigenvalue weighted by molar-refractivity contribution is 7.99. The molecule has 1 fully saturated rings. The molecule has 0 bridgehead atoms. The lowest BCUT2D eigenvalue weighted by Gasteiger charge is -2.21. The van der Waals surface area contributed by atoms with Gasteiger partial charge in [-0.05, 0) is 19.2 Å². The zero-order valence-electron chi connectivity index (χ0n) is 8.64. The van der Waals surface area contributed by atoms with E-state index in [1.807, 2.05) is 11.8 Å². The van der Waals surface area contributed by atoms with Crippen molar-refractivity contribution in [3.05, 3.63) is 5.01 Å². The predicted octanol–water partition coefficient (Wildman–Crippen LogP) is 0.761. The first-order chi connectivity index (χ1) is 7.29. The maximum absolute atomic E-state index is 5.26. The Bertz CT molecular complexity index is 310. The number of nitrogens with two attached hydrogens (primary N) is 1. The molecule has 1 unspecified atom stereocenters. The minimum atomic E-state index is 0.680. The fourth-order valence-electron chi connectivity index (χ4n) is 1.59. The van der Waals surface area contributed by atoms with Gasteiger partial charge in [-0.2, -0.15) is 11.8 Å². The molecule has 84 valence electrons. The number of anilines is 1. The highest BCUT2D eigenvalue weighted by Gasteiger charge is 2.20.